The van der Waals surface area contributed by atoms with E-state index in [9.17, 15) is 8.42 Å². The lowest BCUT2D eigenvalue weighted by Gasteiger charge is -2.01. The van der Waals surface area contributed by atoms with Gasteiger partial charge in [0.1, 0.15) is 11.6 Å². The molecule has 0 aliphatic heterocycles. The van der Waals surface area contributed by atoms with E-state index >= 15 is 0 Å². The molecule has 0 bridgehead atoms. The first-order chi connectivity index (χ1) is 9.38. The third kappa shape index (κ3) is 1.85. The minimum absolute atomic E-state index is 0.245. The number of nitrogens with one attached hydrogen (secondary N) is 1. The van der Waals surface area contributed by atoms with Crippen molar-refractivity contribution in [3.63, 3.8) is 0 Å². The molecule has 0 saturated carbocycles. The molecule has 0 radical (unpaired) electrons. The van der Waals surface area contributed by atoms with Crippen molar-refractivity contribution in [1.82, 2.24) is 19.7 Å². The quantitative estimate of drug-likeness (QED) is 0.731. The maximum atomic E-state index is 11.6. The molecule has 3 rings (SSSR count). The van der Waals surface area contributed by atoms with Crippen LogP contribution >= 0.6 is 0 Å². The molecular weight excluding hydrogens is 278 g/mol. The molecule has 3 N–H and O–H groups in total. The highest BCUT2D eigenvalue weighted by Gasteiger charge is 2.16. The average Bonchev–Trinajstić information content (AvgIpc) is 2.92. The van der Waals surface area contributed by atoms with Crippen molar-refractivity contribution in [1.29, 1.82) is 0 Å². The predicted molar refractivity (Wildman–Crippen MR) is 75.8 cm³/mol. The van der Waals surface area contributed by atoms with E-state index in [2.05, 4.69) is 15.2 Å². The molecule has 8 heteroatoms. The molecule has 0 atom stereocenters. The van der Waals surface area contributed by atoms with Crippen LogP contribution in [0.15, 0.2) is 29.3 Å². The van der Waals surface area contributed by atoms with Crippen molar-refractivity contribution in [2.24, 2.45) is 7.05 Å². The standard InChI is InChI=1S/C12H13N5O2S/c1-17-10-4-3-7(20(2,18)19)5-9(10)15-12(17)8-6-14-16-11(8)13/h3-6H,1-2H3,(H3,13,14,16). The lowest BCUT2D eigenvalue weighted by molar-refractivity contribution is 0.602. The Labute approximate surface area is 115 Å². The van der Waals surface area contributed by atoms with E-state index in [1.165, 1.54) is 6.26 Å². The molecule has 3 aromatic rings. The molecule has 0 unspecified atom stereocenters. The number of hydrogen-bond donors (Lipinski definition) is 2. The summed E-state index contributed by atoms with van der Waals surface area (Å²) in [5.74, 6) is 1.06. The number of imidazole rings is 1. The lowest BCUT2D eigenvalue weighted by Crippen LogP contribution is -1.97. The molecule has 0 amide bonds. The van der Waals surface area contributed by atoms with Crippen molar-refractivity contribution >= 4 is 26.7 Å². The predicted octanol–water partition coefficient (Wildman–Crippen LogP) is 0.949. The molecule has 104 valence electrons. The largest absolute Gasteiger partial charge is 0.383 e. The van der Waals surface area contributed by atoms with Crippen molar-refractivity contribution in [2.75, 3.05) is 12.0 Å². The van der Waals surface area contributed by atoms with Crippen LogP contribution < -0.4 is 5.73 Å². The van der Waals surface area contributed by atoms with Gasteiger partial charge in [-0.15, -0.1) is 0 Å². The van der Waals surface area contributed by atoms with Gasteiger partial charge < -0.3 is 10.3 Å². The van der Waals surface area contributed by atoms with E-state index in [1.54, 1.807) is 24.4 Å². The summed E-state index contributed by atoms with van der Waals surface area (Å²) in [7, 11) is -1.41. The fourth-order valence-corrected chi connectivity index (χ4v) is 2.77. The second kappa shape index (κ2) is 4.07. The van der Waals surface area contributed by atoms with E-state index in [0.29, 0.717) is 22.7 Å². The zero-order valence-corrected chi connectivity index (χ0v) is 11.8. The minimum atomic E-state index is -3.25. The van der Waals surface area contributed by atoms with E-state index in [-0.39, 0.29) is 4.90 Å². The summed E-state index contributed by atoms with van der Waals surface area (Å²) in [5, 5.41) is 6.52. The average molecular weight is 291 g/mol. The second-order valence-electron chi connectivity index (χ2n) is 4.61. The van der Waals surface area contributed by atoms with Gasteiger partial charge in [0.2, 0.25) is 0 Å². The fraction of sp³-hybridized carbons (Fsp3) is 0.167. The summed E-state index contributed by atoms with van der Waals surface area (Å²) in [4.78, 5) is 4.69. The summed E-state index contributed by atoms with van der Waals surface area (Å²) in [6, 6.07) is 4.87. The summed E-state index contributed by atoms with van der Waals surface area (Å²) in [6.07, 6.45) is 2.76. The molecule has 1 aromatic carbocycles. The van der Waals surface area contributed by atoms with Crippen LogP contribution in [0, 0.1) is 0 Å². The number of hydrogen-bond acceptors (Lipinski definition) is 5. The molecular formula is C12H13N5O2S. The van der Waals surface area contributed by atoms with Gasteiger partial charge in [0.25, 0.3) is 0 Å². The molecule has 2 aromatic heterocycles. The zero-order chi connectivity index (χ0) is 14.5. The molecule has 0 saturated heterocycles. The number of H-pyrrole nitrogens is 1. The second-order valence-corrected chi connectivity index (χ2v) is 6.63. The van der Waals surface area contributed by atoms with Crippen molar-refractivity contribution < 1.29 is 8.42 Å². The van der Waals surface area contributed by atoms with E-state index in [4.69, 9.17) is 5.73 Å². The molecule has 0 spiro atoms. The van der Waals surface area contributed by atoms with Crippen LogP contribution in [-0.4, -0.2) is 34.4 Å². The third-order valence-corrected chi connectivity index (χ3v) is 4.30. The SMILES string of the molecule is Cn1c(-c2cn[nH]c2N)nc2cc(S(C)(=O)=O)ccc21. The summed E-state index contributed by atoms with van der Waals surface area (Å²) in [6.45, 7) is 0. The maximum Gasteiger partial charge on any atom is 0.175 e. The van der Waals surface area contributed by atoms with Crippen LogP contribution in [0.1, 0.15) is 0 Å². The molecule has 20 heavy (non-hydrogen) atoms. The van der Waals surface area contributed by atoms with Crippen LogP contribution in [0.4, 0.5) is 5.82 Å². The van der Waals surface area contributed by atoms with E-state index in [0.717, 1.165) is 5.52 Å². The highest BCUT2D eigenvalue weighted by atomic mass is 32.2. The van der Waals surface area contributed by atoms with Gasteiger partial charge in [-0.2, -0.15) is 5.10 Å². The van der Waals surface area contributed by atoms with Gasteiger partial charge in [0, 0.05) is 13.3 Å². The number of anilines is 1. The smallest absolute Gasteiger partial charge is 0.175 e. The summed E-state index contributed by atoms with van der Waals surface area (Å²) in [5.41, 5.74) is 7.91. The van der Waals surface area contributed by atoms with Crippen molar-refractivity contribution in [2.45, 2.75) is 4.90 Å². The Morgan fingerprint density at radius 2 is 2.10 bits per heavy atom. The van der Waals surface area contributed by atoms with Crippen LogP contribution in [0.2, 0.25) is 0 Å². The van der Waals surface area contributed by atoms with Gasteiger partial charge in [-0.3, -0.25) is 5.10 Å². The molecule has 0 aliphatic rings. The number of rotatable bonds is 2. The van der Waals surface area contributed by atoms with Crippen LogP contribution in [0.3, 0.4) is 0 Å². The zero-order valence-electron chi connectivity index (χ0n) is 11.0. The number of nitrogens with two attached hydrogens (primary N) is 1. The molecule has 0 aliphatic carbocycles. The molecule has 7 nitrogen and oxygen atoms in total. The number of fused-ring (bicyclic) bond motifs is 1. The Kier molecular flexibility index (Phi) is 2.58. The first-order valence-corrected chi connectivity index (χ1v) is 7.73. The Morgan fingerprint density at radius 1 is 1.35 bits per heavy atom. The van der Waals surface area contributed by atoms with Crippen LogP contribution in [0.5, 0.6) is 0 Å². The fourth-order valence-electron chi connectivity index (χ4n) is 2.13. The number of benzene rings is 1. The number of sulfone groups is 1. The van der Waals surface area contributed by atoms with E-state index < -0.39 is 9.84 Å². The Morgan fingerprint density at radius 3 is 2.70 bits per heavy atom. The van der Waals surface area contributed by atoms with Gasteiger partial charge in [0.05, 0.1) is 27.7 Å². The van der Waals surface area contributed by atoms with Crippen LogP contribution in [0.25, 0.3) is 22.4 Å². The molecule has 2 heterocycles. The van der Waals surface area contributed by atoms with Crippen molar-refractivity contribution in [3.8, 4) is 11.4 Å². The van der Waals surface area contributed by atoms with Gasteiger partial charge in [-0.05, 0) is 18.2 Å². The number of aromatic amines is 1. The van der Waals surface area contributed by atoms with Gasteiger partial charge in [-0.1, -0.05) is 0 Å². The van der Waals surface area contributed by atoms with Gasteiger partial charge in [-0.25, -0.2) is 13.4 Å². The summed E-state index contributed by atoms with van der Waals surface area (Å²) < 4.78 is 25.0. The van der Waals surface area contributed by atoms with Gasteiger partial charge in [0.15, 0.2) is 9.84 Å². The number of nitrogen functional groups attached to an aromatic ring is 1. The number of aryl methyl sites for hydroxylation is 1. The lowest BCUT2D eigenvalue weighted by atomic mass is 10.3. The Hall–Kier alpha value is -2.35. The third-order valence-electron chi connectivity index (χ3n) is 3.19. The first-order valence-electron chi connectivity index (χ1n) is 5.83. The highest BCUT2D eigenvalue weighted by molar-refractivity contribution is 7.90. The van der Waals surface area contributed by atoms with Crippen LogP contribution in [-0.2, 0) is 16.9 Å². The normalized spacial score (nSPS) is 12.1. The minimum Gasteiger partial charge on any atom is -0.383 e. The van der Waals surface area contributed by atoms with E-state index in [1.807, 2.05) is 11.6 Å². The number of nitrogens with zero attached hydrogens (tertiary/aromatic N) is 3. The van der Waals surface area contributed by atoms with Gasteiger partial charge >= 0.3 is 0 Å². The highest BCUT2D eigenvalue weighted by Crippen LogP contribution is 2.27. The topological polar surface area (TPSA) is 107 Å². The maximum absolute atomic E-state index is 11.6. The Balaban J connectivity index is 2.28. The summed E-state index contributed by atoms with van der Waals surface area (Å²) >= 11 is 0. The van der Waals surface area contributed by atoms with Crippen molar-refractivity contribution in [3.05, 3.63) is 24.4 Å². The first kappa shape index (κ1) is 12.7. The Bertz CT molecular complexity index is 907. The number of aromatic nitrogens is 4. The monoisotopic (exact) mass is 291 g/mol. The molecule has 0 fully saturated rings.